The van der Waals surface area contributed by atoms with E-state index >= 15 is 0 Å². The van der Waals surface area contributed by atoms with Gasteiger partial charge in [0.25, 0.3) is 0 Å². The first-order valence-electron chi connectivity index (χ1n) is 6.73. The van der Waals surface area contributed by atoms with Gasteiger partial charge < -0.3 is 20.3 Å². The molecule has 0 aromatic heterocycles. The molecule has 2 aliphatic rings. The van der Waals surface area contributed by atoms with Gasteiger partial charge in [-0.3, -0.25) is 4.99 Å². The van der Waals surface area contributed by atoms with Gasteiger partial charge in [0.15, 0.2) is 0 Å². The summed E-state index contributed by atoms with van der Waals surface area (Å²) in [7, 11) is 1.94. The van der Waals surface area contributed by atoms with Gasteiger partial charge in [0.05, 0.1) is 24.6 Å². The van der Waals surface area contributed by atoms with Crippen LogP contribution in [0.15, 0.2) is 17.1 Å². The van der Waals surface area contributed by atoms with E-state index < -0.39 is 0 Å². The van der Waals surface area contributed by atoms with Gasteiger partial charge in [0.2, 0.25) is 0 Å². The van der Waals surface area contributed by atoms with Crippen molar-refractivity contribution in [3.05, 3.63) is 17.7 Å². The maximum Gasteiger partial charge on any atom is 0.145 e. The summed E-state index contributed by atoms with van der Waals surface area (Å²) < 4.78 is 5.82. The van der Waals surface area contributed by atoms with Crippen molar-refractivity contribution in [3.8, 4) is 5.75 Å². The Hall–Kier alpha value is -1.91. The maximum atomic E-state index is 5.82. The molecule has 1 unspecified atom stereocenters. The molecule has 5 nitrogen and oxygen atoms in total. The van der Waals surface area contributed by atoms with Crippen molar-refractivity contribution in [3.63, 3.8) is 0 Å². The largest absolute Gasteiger partial charge is 0.489 e. The Bertz CT molecular complexity index is 500. The number of hydrogen-bond donors (Lipinski definition) is 2. The lowest BCUT2D eigenvalue weighted by Crippen LogP contribution is -2.39. The lowest BCUT2D eigenvalue weighted by Gasteiger charge is -2.33. The Labute approximate surface area is 113 Å². The molecule has 19 heavy (non-hydrogen) atoms. The third-order valence-corrected chi connectivity index (χ3v) is 3.65. The number of nitrogens with zero attached hydrogens (tertiary/aromatic N) is 2. The second kappa shape index (κ2) is 4.99. The Kier molecular flexibility index (Phi) is 3.19. The van der Waals surface area contributed by atoms with Gasteiger partial charge >= 0.3 is 0 Å². The third-order valence-electron chi connectivity index (χ3n) is 3.65. The molecule has 0 aliphatic carbocycles. The summed E-state index contributed by atoms with van der Waals surface area (Å²) in [6.45, 7) is 5.63. The predicted octanol–water partition coefficient (Wildman–Crippen LogP) is 1.24. The van der Waals surface area contributed by atoms with Gasteiger partial charge in [-0.1, -0.05) is 0 Å². The number of nitrogens with one attached hydrogen (secondary N) is 2. The molecule has 3 rings (SSSR count). The standard InChI is InChI=1S/C14H20N4O/c1-10-5-11(15-2)6-13-14(10)19-4-3-18(13)8-12-7-16-9-17-12/h5-6,9,12,15H,3-4,7-8H2,1-2H3,(H,16,17). The van der Waals surface area contributed by atoms with Crippen LogP contribution in [0.4, 0.5) is 11.4 Å². The van der Waals surface area contributed by atoms with Crippen LogP contribution < -0.4 is 20.3 Å². The third kappa shape index (κ3) is 2.32. The quantitative estimate of drug-likeness (QED) is 0.858. The molecule has 0 bridgehead atoms. The van der Waals surface area contributed by atoms with E-state index in [1.165, 1.54) is 11.3 Å². The summed E-state index contributed by atoms with van der Waals surface area (Å²) in [4.78, 5) is 6.81. The minimum absolute atomic E-state index is 0.337. The second-order valence-corrected chi connectivity index (χ2v) is 5.03. The highest BCUT2D eigenvalue weighted by molar-refractivity contribution is 5.70. The zero-order valence-electron chi connectivity index (χ0n) is 11.4. The molecule has 0 spiro atoms. The van der Waals surface area contributed by atoms with Crippen LogP contribution in [0.3, 0.4) is 0 Å². The topological polar surface area (TPSA) is 48.9 Å². The van der Waals surface area contributed by atoms with Crippen LogP contribution in [0.2, 0.25) is 0 Å². The summed E-state index contributed by atoms with van der Waals surface area (Å²) in [5.74, 6) is 1.01. The molecule has 1 aromatic rings. The molecular weight excluding hydrogens is 240 g/mol. The molecule has 1 atom stereocenters. The molecule has 1 aromatic carbocycles. The van der Waals surface area contributed by atoms with E-state index in [1.54, 1.807) is 6.34 Å². The average molecular weight is 260 g/mol. The number of aryl methyl sites for hydroxylation is 1. The second-order valence-electron chi connectivity index (χ2n) is 5.03. The number of aliphatic imine (C=N–C) groups is 1. The highest BCUT2D eigenvalue weighted by Gasteiger charge is 2.23. The summed E-state index contributed by atoms with van der Waals surface area (Å²) in [5, 5.41) is 6.37. The van der Waals surface area contributed by atoms with E-state index in [-0.39, 0.29) is 0 Å². The van der Waals surface area contributed by atoms with E-state index in [4.69, 9.17) is 4.74 Å². The smallest absolute Gasteiger partial charge is 0.145 e. The van der Waals surface area contributed by atoms with E-state index in [2.05, 4.69) is 39.6 Å². The van der Waals surface area contributed by atoms with Crippen LogP contribution in [0.5, 0.6) is 5.75 Å². The monoisotopic (exact) mass is 260 g/mol. The first kappa shape index (κ1) is 12.1. The van der Waals surface area contributed by atoms with Gasteiger partial charge in [0.1, 0.15) is 12.4 Å². The average Bonchev–Trinajstić information content (AvgIpc) is 2.92. The number of fused-ring (bicyclic) bond motifs is 1. The molecule has 0 saturated carbocycles. The maximum absolute atomic E-state index is 5.82. The van der Waals surface area contributed by atoms with Crippen LogP contribution in [-0.4, -0.2) is 45.7 Å². The summed E-state index contributed by atoms with van der Waals surface area (Å²) in [6, 6.07) is 4.62. The highest BCUT2D eigenvalue weighted by atomic mass is 16.5. The van der Waals surface area contributed by atoms with Crippen LogP contribution in [-0.2, 0) is 0 Å². The summed E-state index contributed by atoms with van der Waals surface area (Å²) in [5.41, 5.74) is 3.48. The van der Waals surface area contributed by atoms with Crippen LogP contribution in [0.25, 0.3) is 0 Å². The van der Waals surface area contributed by atoms with Gasteiger partial charge in [0, 0.05) is 25.8 Å². The van der Waals surface area contributed by atoms with Crippen LogP contribution in [0, 0.1) is 6.92 Å². The molecule has 102 valence electrons. The summed E-state index contributed by atoms with van der Waals surface area (Å²) >= 11 is 0. The Balaban J connectivity index is 1.89. The number of hydrogen-bond acceptors (Lipinski definition) is 5. The van der Waals surface area contributed by atoms with Crippen LogP contribution in [0.1, 0.15) is 5.56 Å². The van der Waals surface area contributed by atoms with Crippen molar-refractivity contribution in [1.29, 1.82) is 0 Å². The molecule has 0 saturated heterocycles. The van der Waals surface area contributed by atoms with E-state index in [0.29, 0.717) is 6.04 Å². The van der Waals surface area contributed by atoms with Crippen molar-refractivity contribution >= 4 is 17.7 Å². The van der Waals surface area contributed by atoms with Gasteiger partial charge in [-0.05, 0) is 24.6 Å². The highest BCUT2D eigenvalue weighted by Crippen LogP contribution is 2.37. The van der Waals surface area contributed by atoms with Crippen LogP contribution >= 0.6 is 0 Å². The van der Waals surface area contributed by atoms with E-state index in [0.717, 1.165) is 37.7 Å². The van der Waals surface area contributed by atoms with Crippen molar-refractivity contribution in [2.45, 2.75) is 13.0 Å². The lowest BCUT2D eigenvalue weighted by atomic mass is 10.1. The number of rotatable bonds is 3. The Morgan fingerprint density at radius 1 is 1.53 bits per heavy atom. The fourth-order valence-electron chi connectivity index (χ4n) is 2.66. The zero-order valence-corrected chi connectivity index (χ0v) is 11.4. The van der Waals surface area contributed by atoms with Gasteiger partial charge in [-0.25, -0.2) is 0 Å². The molecule has 2 aliphatic heterocycles. The number of anilines is 2. The lowest BCUT2D eigenvalue weighted by molar-refractivity contribution is 0.304. The van der Waals surface area contributed by atoms with Gasteiger partial charge in [-0.15, -0.1) is 0 Å². The van der Waals surface area contributed by atoms with E-state index in [9.17, 15) is 0 Å². The number of benzene rings is 1. The molecule has 0 radical (unpaired) electrons. The molecule has 2 N–H and O–H groups in total. The number of ether oxygens (including phenoxy) is 1. The molecular formula is C14H20N4O. The molecule has 2 heterocycles. The summed E-state index contributed by atoms with van der Waals surface area (Å²) in [6.07, 6.45) is 1.81. The van der Waals surface area contributed by atoms with Gasteiger partial charge in [-0.2, -0.15) is 0 Å². The normalized spacial score (nSPS) is 20.7. The first-order chi connectivity index (χ1) is 9.28. The predicted molar refractivity (Wildman–Crippen MR) is 78.7 cm³/mol. The Morgan fingerprint density at radius 3 is 3.16 bits per heavy atom. The van der Waals surface area contributed by atoms with Crippen molar-refractivity contribution in [1.82, 2.24) is 5.32 Å². The minimum atomic E-state index is 0.337. The Morgan fingerprint density at radius 2 is 2.42 bits per heavy atom. The fraction of sp³-hybridized carbons (Fsp3) is 0.500. The minimum Gasteiger partial charge on any atom is -0.489 e. The molecule has 5 heteroatoms. The zero-order chi connectivity index (χ0) is 13.2. The van der Waals surface area contributed by atoms with Crippen molar-refractivity contribution < 1.29 is 4.74 Å². The SMILES string of the molecule is CNc1cc(C)c2c(c1)N(CC1CNC=N1)CCO2. The van der Waals surface area contributed by atoms with Crippen molar-refractivity contribution in [2.24, 2.45) is 4.99 Å². The molecule has 0 fully saturated rings. The molecule has 0 amide bonds. The van der Waals surface area contributed by atoms with E-state index in [1.807, 2.05) is 7.05 Å². The fourth-order valence-corrected chi connectivity index (χ4v) is 2.66. The first-order valence-corrected chi connectivity index (χ1v) is 6.73. The van der Waals surface area contributed by atoms with Crippen molar-refractivity contribution in [2.75, 3.05) is 43.5 Å².